The maximum atomic E-state index is 14.9. The number of hydrogen-bond donors (Lipinski definition) is 1. The molecule has 7 nitrogen and oxygen atoms in total. The Morgan fingerprint density at radius 3 is 2.23 bits per heavy atom. The largest absolute Gasteiger partial charge is 0.394 e. The van der Waals surface area contributed by atoms with Crippen molar-refractivity contribution in [3.63, 3.8) is 0 Å². The minimum absolute atomic E-state index is 0.0650. The third kappa shape index (κ3) is 5.02. The number of likely N-dealkylation sites (tertiary alicyclic amines) is 1. The van der Waals surface area contributed by atoms with Gasteiger partial charge in [-0.25, -0.2) is 0 Å². The van der Waals surface area contributed by atoms with Gasteiger partial charge in [0.1, 0.15) is 6.04 Å². The van der Waals surface area contributed by atoms with Gasteiger partial charge in [0.05, 0.1) is 29.2 Å². The third-order valence-corrected chi connectivity index (χ3v) is 11.4. The predicted molar refractivity (Wildman–Crippen MR) is 169 cm³/mol. The van der Waals surface area contributed by atoms with Crippen molar-refractivity contribution in [1.29, 1.82) is 0 Å². The van der Waals surface area contributed by atoms with E-state index < -0.39 is 33.4 Å². The molecule has 2 fully saturated rings. The highest BCUT2D eigenvalue weighted by Crippen LogP contribution is 2.66. The minimum atomic E-state index is -0.939. The van der Waals surface area contributed by atoms with Crippen molar-refractivity contribution in [2.45, 2.75) is 61.2 Å². The summed E-state index contributed by atoms with van der Waals surface area (Å²) < 4.78 is -1.61. The fraction of sp³-hybridized carbons (Fsp3) is 0.457. The van der Waals surface area contributed by atoms with E-state index in [1.165, 1.54) is 0 Å². The van der Waals surface area contributed by atoms with Crippen LogP contribution < -0.4 is 0 Å². The van der Waals surface area contributed by atoms with Crippen LogP contribution in [0.1, 0.15) is 50.3 Å². The van der Waals surface area contributed by atoms with Gasteiger partial charge >= 0.3 is 0 Å². The summed E-state index contributed by atoms with van der Waals surface area (Å²) in [6, 6.07) is 17.8. The molecule has 0 saturated carbocycles. The molecule has 1 unspecified atom stereocenters. The van der Waals surface area contributed by atoms with Crippen molar-refractivity contribution in [1.82, 2.24) is 14.7 Å². The van der Waals surface area contributed by atoms with Crippen LogP contribution in [0.15, 0.2) is 85.0 Å². The molecular weight excluding hydrogens is 558 g/mol. The van der Waals surface area contributed by atoms with Crippen LogP contribution in [-0.4, -0.2) is 79.3 Å². The molecule has 0 bridgehead atoms. The molecule has 1 N–H and O–H groups in total. The summed E-state index contributed by atoms with van der Waals surface area (Å²) in [5.74, 6) is -1.79. The number of carbonyl (C=O) groups excluding carboxylic acids is 3. The zero-order valence-electron chi connectivity index (χ0n) is 25.0. The van der Waals surface area contributed by atoms with E-state index >= 15 is 0 Å². The minimum Gasteiger partial charge on any atom is -0.394 e. The van der Waals surface area contributed by atoms with Gasteiger partial charge in [0.15, 0.2) is 0 Å². The number of carbonyl (C=O) groups is 3. The average Bonchev–Trinajstić information content (AvgIpc) is 3.29. The molecule has 0 radical (unpaired) electrons. The van der Waals surface area contributed by atoms with Crippen LogP contribution in [0, 0.1) is 11.8 Å². The summed E-state index contributed by atoms with van der Waals surface area (Å²) in [7, 11) is 0. The molecule has 8 heteroatoms. The van der Waals surface area contributed by atoms with Gasteiger partial charge in [0.25, 0.3) is 0 Å². The van der Waals surface area contributed by atoms with Crippen molar-refractivity contribution >= 4 is 29.5 Å². The number of fused-ring (bicyclic) bond motifs is 2. The van der Waals surface area contributed by atoms with E-state index in [1.54, 1.807) is 16.7 Å². The summed E-state index contributed by atoms with van der Waals surface area (Å²) in [5.41, 5.74) is 1.81. The standard InChI is InChI=1S/C35H41N3O4S/c1-3-4-11-20-36-21-13-19-35-29(32(41)38(30(35)33(36)42)27(24-39)26-16-9-6-10-17-26)28-31(40)37(22-12-18-34(28,2)43-35)23-25-14-7-5-8-15-25/h5-10,12-19,27-30,39H,3-4,11,20-24H2,1-2H3/t27-,28+,29+,30?,34-,35+/m1/s1. The normalized spacial score (nSPS) is 30.6. The van der Waals surface area contributed by atoms with Gasteiger partial charge < -0.3 is 19.8 Å². The molecule has 43 heavy (non-hydrogen) atoms. The first-order valence-corrected chi connectivity index (χ1v) is 16.3. The van der Waals surface area contributed by atoms with Gasteiger partial charge in [-0.15, -0.1) is 11.8 Å². The number of unbranched alkanes of at least 4 members (excludes halogenated alkanes) is 2. The van der Waals surface area contributed by atoms with E-state index in [-0.39, 0.29) is 24.3 Å². The highest BCUT2D eigenvalue weighted by molar-refractivity contribution is 8.02. The first kappa shape index (κ1) is 29.7. The zero-order chi connectivity index (χ0) is 30.2. The molecular formula is C35H41N3O4S. The Kier molecular flexibility index (Phi) is 8.26. The molecule has 1 spiro atoms. The molecule has 3 amide bonds. The topological polar surface area (TPSA) is 81.2 Å². The number of thioether (sulfide) groups is 1. The van der Waals surface area contributed by atoms with Gasteiger partial charge in [-0.3, -0.25) is 14.4 Å². The number of hydrogen-bond acceptors (Lipinski definition) is 5. The van der Waals surface area contributed by atoms with Crippen molar-refractivity contribution in [2.75, 3.05) is 26.2 Å². The van der Waals surface area contributed by atoms with E-state index in [2.05, 4.69) is 19.1 Å². The number of aliphatic hydroxyl groups excluding tert-OH is 1. The van der Waals surface area contributed by atoms with Crippen LogP contribution in [0.4, 0.5) is 0 Å². The molecule has 4 heterocycles. The molecule has 226 valence electrons. The summed E-state index contributed by atoms with van der Waals surface area (Å²) in [4.78, 5) is 49.4. The summed E-state index contributed by atoms with van der Waals surface area (Å²) in [6.45, 7) is 5.86. The summed E-state index contributed by atoms with van der Waals surface area (Å²) in [5, 5.41) is 10.8. The Balaban J connectivity index is 1.45. The Hall–Kier alpha value is -3.36. The lowest BCUT2D eigenvalue weighted by atomic mass is 9.74. The quantitative estimate of drug-likeness (QED) is 0.337. The van der Waals surface area contributed by atoms with Gasteiger partial charge in [-0.2, -0.15) is 0 Å². The zero-order valence-corrected chi connectivity index (χ0v) is 25.8. The van der Waals surface area contributed by atoms with Crippen LogP contribution in [0.5, 0.6) is 0 Å². The number of amides is 3. The maximum absolute atomic E-state index is 14.9. The van der Waals surface area contributed by atoms with E-state index in [4.69, 9.17) is 0 Å². The molecule has 4 aliphatic heterocycles. The third-order valence-electron chi connectivity index (χ3n) is 9.60. The summed E-state index contributed by atoms with van der Waals surface area (Å²) >= 11 is 1.59. The molecule has 2 saturated heterocycles. The lowest BCUT2D eigenvalue weighted by Crippen LogP contribution is -2.54. The van der Waals surface area contributed by atoms with Gasteiger partial charge in [-0.1, -0.05) is 105 Å². The lowest BCUT2D eigenvalue weighted by Gasteiger charge is -2.40. The van der Waals surface area contributed by atoms with E-state index in [1.807, 2.05) is 89.5 Å². The van der Waals surface area contributed by atoms with Crippen molar-refractivity contribution in [2.24, 2.45) is 11.8 Å². The second-order valence-corrected chi connectivity index (χ2v) is 14.1. The molecule has 2 aromatic rings. The van der Waals surface area contributed by atoms with E-state index in [0.717, 1.165) is 30.4 Å². The highest BCUT2D eigenvalue weighted by Gasteiger charge is 2.74. The van der Waals surface area contributed by atoms with Gasteiger partial charge in [0, 0.05) is 30.9 Å². The molecule has 6 atom stereocenters. The van der Waals surface area contributed by atoms with Crippen LogP contribution in [0.25, 0.3) is 0 Å². The van der Waals surface area contributed by atoms with Crippen LogP contribution in [0.3, 0.4) is 0 Å². The fourth-order valence-electron chi connectivity index (χ4n) is 7.62. The number of benzene rings is 2. The first-order valence-electron chi connectivity index (χ1n) is 15.5. The number of aliphatic hydroxyl groups is 1. The van der Waals surface area contributed by atoms with Crippen molar-refractivity contribution in [3.05, 3.63) is 96.1 Å². The lowest BCUT2D eigenvalue weighted by molar-refractivity contribution is -0.147. The molecule has 0 aliphatic carbocycles. The maximum Gasteiger partial charge on any atom is 0.247 e. The van der Waals surface area contributed by atoms with Crippen LogP contribution in [-0.2, 0) is 20.9 Å². The Bertz CT molecular complexity index is 1410. The van der Waals surface area contributed by atoms with Crippen LogP contribution in [0.2, 0.25) is 0 Å². The van der Waals surface area contributed by atoms with Crippen LogP contribution >= 0.6 is 11.8 Å². The monoisotopic (exact) mass is 599 g/mol. The smallest absolute Gasteiger partial charge is 0.247 e. The fourth-order valence-corrected chi connectivity index (χ4v) is 9.77. The molecule has 0 aromatic heterocycles. The highest BCUT2D eigenvalue weighted by atomic mass is 32.2. The van der Waals surface area contributed by atoms with E-state index in [9.17, 15) is 19.5 Å². The van der Waals surface area contributed by atoms with Gasteiger partial charge in [-0.05, 0) is 24.5 Å². The SMILES string of the molecule is CCCCCN1CC=C[C@]23S[C@]4(C)C=CCN(Cc5ccccc5)C(=O)[C@@H]4[C@H]2C(=O)N([C@H](CO)c2ccccc2)C3C1=O. The van der Waals surface area contributed by atoms with Crippen molar-refractivity contribution < 1.29 is 19.5 Å². The Morgan fingerprint density at radius 2 is 1.53 bits per heavy atom. The van der Waals surface area contributed by atoms with Crippen molar-refractivity contribution in [3.8, 4) is 0 Å². The average molecular weight is 600 g/mol. The Labute approximate surface area is 258 Å². The number of rotatable bonds is 9. The second kappa shape index (κ2) is 12.0. The second-order valence-electron chi connectivity index (χ2n) is 12.4. The molecule has 2 aromatic carbocycles. The van der Waals surface area contributed by atoms with E-state index in [0.29, 0.717) is 26.2 Å². The predicted octanol–water partition coefficient (Wildman–Crippen LogP) is 4.59. The first-order chi connectivity index (χ1) is 20.8. The molecule has 6 rings (SSSR count). The number of nitrogens with zero attached hydrogens (tertiary/aromatic N) is 3. The Morgan fingerprint density at radius 1 is 0.860 bits per heavy atom. The summed E-state index contributed by atoms with van der Waals surface area (Å²) in [6.07, 6.45) is 11.2. The molecule has 4 aliphatic rings. The van der Waals surface area contributed by atoms with Gasteiger partial charge in [0.2, 0.25) is 17.7 Å².